The molecule has 0 fully saturated rings. The number of sulfonamides is 1. The van der Waals surface area contributed by atoms with Gasteiger partial charge in [-0.05, 0) is 52.3 Å². The Kier molecular flexibility index (Phi) is 4.51. The second-order valence-corrected chi connectivity index (χ2v) is 7.96. The maximum Gasteiger partial charge on any atom is 0.263 e. The molecule has 1 N–H and O–H groups in total. The first-order valence-corrected chi connectivity index (χ1v) is 9.46. The monoisotopic (exact) mass is 456 g/mol. The van der Waals surface area contributed by atoms with Gasteiger partial charge < -0.3 is 0 Å². The van der Waals surface area contributed by atoms with Gasteiger partial charge in [0, 0.05) is 21.3 Å². The van der Waals surface area contributed by atoms with E-state index in [1.165, 1.54) is 12.3 Å². The molecule has 0 aliphatic heterocycles. The molecule has 6 nitrogen and oxygen atoms in total. The van der Waals surface area contributed by atoms with Gasteiger partial charge in [0.25, 0.3) is 10.0 Å². The lowest BCUT2D eigenvalue weighted by molar-refractivity contribution is 0.600. The Hall–Kier alpha value is -1.71. The van der Waals surface area contributed by atoms with Gasteiger partial charge in [0.1, 0.15) is 4.90 Å². The lowest BCUT2D eigenvalue weighted by atomic mass is 10.4. The topological polar surface area (TPSA) is 76.9 Å². The summed E-state index contributed by atoms with van der Waals surface area (Å²) in [6.07, 6.45) is 4.84. The van der Waals surface area contributed by atoms with Crippen molar-refractivity contribution < 1.29 is 8.42 Å². The number of nitrogens with one attached hydrogen (secondary N) is 1. The molecule has 2 aromatic heterocycles. The lowest BCUT2D eigenvalue weighted by Crippen LogP contribution is -2.14. The smallest absolute Gasteiger partial charge is 0.263 e. The quantitative estimate of drug-likeness (QED) is 0.649. The molecule has 0 spiro atoms. The molecule has 0 saturated carbocycles. The maximum atomic E-state index is 12.5. The Morgan fingerprint density at radius 1 is 1.13 bits per heavy atom. The lowest BCUT2D eigenvalue weighted by Gasteiger charge is -2.10. The number of rotatable bonds is 4. The molecule has 23 heavy (non-hydrogen) atoms. The zero-order valence-electron chi connectivity index (χ0n) is 11.5. The largest absolute Gasteiger partial charge is 0.278 e. The van der Waals surface area contributed by atoms with E-state index in [-0.39, 0.29) is 4.90 Å². The van der Waals surface area contributed by atoms with Crippen LogP contribution in [-0.2, 0) is 10.0 Å². The molecule has 0 bridgehead atoms. The van der Waals surface area contributed by atoms with E-state index < -0.39 is 10.0 Å². The van der Waals surface area contributed by atoms with Crippen molar-refractivity contribution in [3.63, 3.8) is 0 Å². The summed E-state index contributed by atoms with van der Waals surface area (Å²) in [5, 5.41) is 4.06. The predicted octanol–water partition coefficient (Wildman–Crippen LogP) is 3.59. The van der Waals surface area contributed by atoms with E-state index in [1.54, 1.807) is 47.4 Å². The summed E-state index contributed by atoms with van der Waals surface area (Å²) >= 11 is 6.52. The predicted molar refractivity (Wildman–Crippen MR) is 94.0 cm³/mol. The van der Waals surface area contributed by atoms with Gasteiger partial charge in [0.2, 0.25) is 0 Å². The van der Waals surface area contributed by atoms with Crippen LogP contribution in [0.15, 0.2) is 68.8 Å². The van der Waals surface area contributed by atoms with Crippen LogP contribution in [0.4, 0.5) is 5.69 Å². The summed E-state index contributed by atoms with van der Waals surface area (Å²) in [6.45, 7) is 0. The average molecular weight is 458 g/mol. The van der Waals surface area contributed by atoms with E-state index >= 15 is 0 Å². The standard InChI is InChI=1S/C14H10Br2N4O2S/c15-10-2-4-12(16)13(8-10)23(21,22)19-11-3-5-14(17-9-11)20-7-1-6-18-20/h1-9,19H. The fourth-order valence-corrected chi connectivity index (χ4v) is 4.43. The fraction of sp³-hybridized carbons (Fsp3) is 0. The van der Waals surface area contributed by atoms with Crippen molar-refractivity contribution in [2.24, 2.45) is 0 Å². The summed E-state index contributed by atoms with van der Waals surface area (Å²) in [4.78, 5) is 4.33. The van der Waals surface area contributed by atoms with Crippen LogP contribution in [0.25, 0.3) is 5.82 Å². The molecule has 0 atom stereocenters. The number of pyridine rings is 1. The Morgan fingerprint density at radius 2 is 1.96 bits per heavy atom. The third-order valence-corrected chi connectivity index (χ3v) is 5.79. The van der Waals surface area contributed by atoms with E-state index in [0.717, 1.165) is 0 Å². The molecule has 2 heterocycles. The van der Waals surface area contributed by atoms with Crippen molar-refractivity contribution in [2.75, 3.05) is 4.72 Å². The number of benzene rings is 1. The van der Waals surface area contributed by atoms with Gasteiger partial charge >= 0.3 is 0 Å². The minimum absolute atomic E-state index is 0.142. The number of halogens is 2. The summed E-state index contributed by atoms with van der Waals surface area (Å²) < 4.78 is 30.2. The first-order valence-electron chi connectivity index (χ1n) is 6.40. The Bertz CT molecular complexity index is 926. The number of nitrogens with zero attached hydrogens (tertiary/aromatic N) is 3. The zero-order valence-corrected chi connectivity index (χ0v) is 15.5. The maximum absolute atomic E-state index is 12.5. The summed E-state index contributed by atoms with van der Waals surface area (Å²) in [7, 11) is -3.72. The van der Waals surface area contributed by atoms with Gasteiger partial charge in [-0.2, -0.15) is 5.10 Å². The zero-order chi connectivity index (χ0) is 16.4. The van der Waals surface area contributed by atoms with Crippen molar-refractivity contribution in [3.05, 3.63) is 63.9 Å². The van der Waals surface area contributed by atoms with Gasteiger partial charge in [-0.15, -0.1) is 0 Å². The molecular formula is C14H10Br2N4O2S. The molecule has 9 heteroatoms. The van der Waals surface area contributed by atoms with E-state index in [0.29, 0.717) is 20.5 Å². The molecule has 0 amide bonds. The van der Waals surface area contributed by atoms with Crippen LogP contribution >= 0.6 is 31.9 Å². The minimum atomic E-state index is -3.72. The fourth-order valence-electron chi connectivity index (χ4n) is 1.88. The van der Waals surface area contributed by atoms with Crippen molar-refractivity contribution in [1.82, 2.24) is 14.8 Å². The highest BCUT2D eigenvalue weighted by atomic mass is 79.9. The highest BCUT2D eigenvalue weighted by molar-refractivity contribution is 9.11. The van der Waals surface area contributed by atoms with Crippen LogP contribution in [0.1, 0.15) is 0 Å². The van der Waals surface area contributed by atoms with Crippen LogP contribution < -0.4 is 4.72 Å². The van der Waals surface area contributed by atoms with Crippen LogP contribution in [0.3, 0.4) is 0 Å². The molecule has 3 aromatic rings. The van der Waals surface area contributed by atoms with Crippen molar-refractivity contribution in [2.45, 2.75) is 4.90 Å². The van der Waals surface area contributed by atoms with Gasteiger partial charge in [-0.25, -0.2) is 18.1 Å². The van der Waals surface area contributed by atoms with E-state index in [9.17, 15) is 8.42 Å². The van der Waals surface area contributed by atoms with E-state index in [1.807, 2.05) is 0 Å². The second-order valence-electron chi connectivity index (χ2n) is 4.54. The summed E-state index contributed by atoms with van der Waals surface area (Å²) in [5.74, 6) is 0.599. The third kappa shape index (κ3) is 3.62. The highest BCUT2D eigenvalue weighted by Crippen LogP contribution is 2.27. The molecule has 0 aliphatic carbocycles. The SMILES string of the molecule is O=S(=O)(Nc1ccc(-n2cccn2)nc1)c1cc(Br)ccc1Br. The van der Waals surface area contributed by atoms with Gasteiger partial charge in [-0.1, -0.05) is 15.9 Å². The number of hydrogen-bond donors (Lipinski definition) is 1. The molecule has 0 unspecified atom stereocenters. The molecule has 118 valence electrons. The Morgan fingerprint density at radius 3 is 2.61 bits per heavy atom. The first kappa shape index (κ1) is 16.2. The molecule has 1 aromatic carbocycles. The molecular weight excluding hydrogens is 448 g/mol. The third-order valence-electron chi connectivity index (χ3n) is 2.92. The molecule has 3 rings (SSSR count). The van der Waals surface area contributed by atoms with E-state index in [4.69, 9.17) is 0 Å². The molecule has 0 aliphatic rings. The van der Waals surface area contributed by atoms with Crippen LogP contribution in [0.2, 0.25) is 0 Å². The van der Waals surface area contributed by atoms with Crippen molar-refractivity contribution >= 4 is 47.6 Å². The van der Waals surface area contributed by atoms with Crippen LogP contribution in [-0.4, -0.2) is 23.2 Å². The summed E-state index contributed by atoms with van der Waals surface area (Å²) in [5.41, 5.74) is 0.368. The second kappa shape index (κ2) is 6.42. The summed E-state index contributed by atoms with van der Waals surface area (Å²) in [6, 6.07) is 10.0. The average Bonchev–Trinajstić information content (AvgIpc) is 3.04. The first-order chi connectivity index (χ1) is 11.0. The molecule has 0 saturated heterocycles. The Balaban J connectivity index is 1.87. The van der Waals surface area contributed by atoms with Crippen molar-refractivity contribution in [1.29, 1.82) is 0 Å². The number of hydrogen-bond acceptors (Lipinski definition) is 4. The van der Waals surface area contributed by atoms with Crippen molar-refractivity contribution in [3.8, 4) is 5.82 Å². The highest BCUT2D eigenvalue weighted by Gasteiger charge is 2.18. The Labute approximate surface area is 149 Å². The molecule has 0 radical (unpaired) electrons. The van der Waals surface area contributed by atoms with E-state index in [2.05, 4.69) is 46.7 Å². The minimum Gasteiger partial charge on any atom is -0.278 e. The van der Waals surface area contributed by atoms with Gasteiger partial charge in [-0.3, -0.25) is 4.72 Å². The van der Waals surface area contributed by atoms with Gasteiger partial charge in [0.15, 0.2) is 5.82 Å². The van der Waals surface area contributed by atoms with Crippen LogP contribution in [0, 0.1) is 0 Å². The number of anilines is 1. The number of aromatic nitrogens is 3. The van der Waals surface area contributed by atoms with Gasteiger partial charge in [0.05, 0.1) is 11.9 Å². The van der Waals surface area contributed by atoms with Crippen LogP contribution in [0.5, 0.6) is 0 Å². The normalized spacial score (nSPS) is 11.4.